The first-order valence-corrected chi connectivity index (χ1v) is 7.51. The lowest BCUT2D eigenvalue weighted by Crippen LogP contribution is -2.11. The average Bonchev–Trinajstić information content (AvgIpc) is 3.05. The monoisotopic (exact) mass is 343 g/mol. The van der Waals surface area contributed by atoms with Crippen LogP contribution >= 0.6 is 0 Å². The number of hydrogen-bond acceptors (Lipinski definition) is 3. The molecule has 0 bridgehead atoms. The molecule has 2 heterocycles. The zero-order chi connectivity index (χ0) is 17.6. The molecular weight excluding hydrogens is 331 g/mol. The number of hydrogen-bond donors (Lipinski definition) is 1. The van der Waals surface area contributed by atoms with Crippen molar-refractivity contribution in [1.29, 1.82) is 0 Å². The smallest absolute Gasteiger partial charge is 0.365 e. The normalized spacial score (nSPS) is 16.6. The van der Waals surface area contributed by atoms with Crippen molar-refractivity contribution in [2.75, 3.05) is 0 Å². The van der Waals surface area contributed by atoms with Crippen LogP contribution in [0.1, 0.15) is 28.7 Å². The molecule has 1 aliphatic heterocycles. The lowest BCUT2D eigenvalue weighted by molar-refractivity contribution is -0.137. The zero-order valence-electron chi connectivity index (χ0n) is 12.8. The van der Waals surface area contributed by atoms with Crippen molar-refractivity contribution in [3.8, 4) is 5.69 Å². The second kappa shape index (κ2) is 5.56. The van der Waals surface area contributed by atoms with Crippen molar-refractivity contribution in [1.82, 2.24) is 9.55 Å². The zero-order valence-corrected chi connectivity index (χ0v) is 12.8. The van der Waals surface area contributed by atoms with E-state index in [0.717, 1.165) is 12.1 Å². The number of fused-ring (bicyclic) bond motifs is 3. The van der Waals surface area contributed by atoms with E-state index in [4.69, 9.17) is 0 Å². The quantitative estimate of drug-likeness (QED) is 0.732. The summed E-state index contributed by atoms with van der Waals surface area (Å²) in [7, 11) is 0. The first-order valence-electron chi connectivity index (χ1n) is 7.51. The molecule has 4 nitrogen and oxygen atoms in total. The number of rotatable bonds is 1. The molecule has 1 aromatic heterocycles. The van der Waals surface area contributed by atoms with Gasteiger partial charge in [-0.3, -0.25) is 4.57 Å². The van der Waals surface area contributed by atoms with E-state index >= 15 is 0 Å². The van der Waals surface area contributed by atoms with Crippen LogP contribution in [0.2, 0.25) is 0 Å². The highest BCUT2D eigenvalue weighted by molar-refractivity contribution is 6.15. The Kier molecular flexibility index (Phi) is 3.47. The number of aliphatic hydroxyl groups is 1. The highest BCUT2D eigenvalue weighted by Gasteiger charge is 2.33. The van der Waals surface area contributed by atoms with Crippen LogP contribution in [-0.2, 0) is 6.18 Å². The topological polar surface area (TPSA) is 50.4 Å². The third-order valence-corrected chi connectivity index (χ3v) is 4.04. The molecule has 0 spiro atoms. The third-order valence-electron chi connectivity index (χ3n) is 4.04. The third kappa shape index (κ3) is 2.62. The summed E-state index contributed by atoms with van der Waals surface area (Å²) in [6.07, 6.45) is -2.68. The molecular formula is C18H12F3N3O. The molecule has 0 saturated carbocycles. The molecule has 2 aromatic carbocycles. The van der Waals surface area contributed by atoms with Gasteiger partial charge < -0.3 is 5.11 Å². The maximum Gasteiger partial charge on any atom is 0.416 e. The van der Waals surface area contributed by atoms with Crippen LogP contribution in [0.3, 0.4) is 0 Å². The van der Waals surface area contributed by atoms with Crippen LogP contribution in [0.15, 0.2) is 65.9 Å². The Balaban J connectivity index is 2.02. The van der Waals surface area contributed by atoms with Gasteiger partial charge in [0.15, 0.2) is 5.82 Å². The Morgan fingerprint density at radius 2 is 1.80 bits per heavy atom. The number of nitrogens with zero attached hydrogens (tertiary/aromatic N) is 3. The average molecular weight is 343 g/mol. The van der Waals surface area contributed by atoms with Gasteiger partial charge in [-0.05, 0) is 18.2 Å². The molecule has 0 amide bonds. The summed E-state index contributed by atoms with van der Waals surface area (Å²) in [5, 5.41) is 10.4. The van der Waals surface area contributed by atoms with Gasteiger partial charge in [0.2, 0.25) is 6.23 Å². The maximum atomic E-state index is 13.2. The molecule has 4 rings (SSSR count). The fraction of sp³-hybridized carbons (Fsp3) is 0.111. The minimum Gasteiger partial charge on any atom is -0.365 e. The van der Waals surface area contributed by atoms with Crippen LogP contribution in [-0.4, -0.2) is 20.4 Å². The van der Waals surface area contributed by atoms with Crippen molar-refractivity contribution in [2.45, 2.75) is 12.4 Å². The predicted molar refractivity (Wildman–Crippen MR) is 85.6 cm³/mol. The minimum absolute atomic E-state index is 0.256. The van der Waals surface area contributed by atoms with Crippen LogP contribution in [0, 0.1) is 0 Å². The highest BCUT2D eigenvalue weighted by atomic mass is 19.4. The lowest BCUT2D eigenvalue weighted by atomic mass is 9.98. The second-order valence-electron chi connectivity index (χ2n) is 5.60. The van der Waals surface area contributed by atoms with Gasteiger partial charge in [0.25, 0.3) is 0 Å². The predicted octanol–water partition coefficient (Wildman–Crippen LogP) is 3.73. The van der Waals surface area contributed by atoms with Crippen LogP contribution in [0.5, 0.6) is 0 Å². The van der Waals surface area contributed by atoms with E-state index in [-0.39, 0.29) is 11.4 Å². The van der Waals surface area contributed by atoms with E-state index in [1.165, 1.54) is 12.3 Å². The fourth-order valence-corrected chi connectivity index (χ4v) is 2.90. The van der Waals surface area contributed by atoms with Gasteiger partial charge in [-0.15, -0.1) is 0 Å². The van der Waals surface area contributed by atoms with Gasteiger partial charge in [-0.2, -0.15) is 13.2 Å². The summed E-state index contributed by atoms with van der Waals surface area (Å²) in [5.41, 5.74) is 0.914. The van der Waals surface area contributed by atoms with E-state index in [1.54, 1.807) is 41.1 Å². The maximum absolute atomic E-state index is 13.2. The molecule has 0 fully saturated rings. The number of aromatic nitrogens is 2. The summed E-state index contributed by atoms with van der Waals surface area (Å²) in [4.78, 5) is 8.33. The lowest BCUT2D eigenvalue weighted by Gasteiger charge is -2.15. The van der Waals surface area contributed by atoms with E-state index in [9.17, 15) is 18.3 Å². The molecule has 126 valence electrons. The van der Waals surface area contributed by atoms with Crippen molar-refractivity contribution in [3.63, 3.8) is 0 Å². The molecule has 3 aromatic rings. The first kappa shape index (κ1) is 15.6. The summed E-state index contributed by atoms with van der Waals surface area (Å²) in [6.45, 7) is 0. The van der Waals surface area contributed by atoms with Crippen molar-refractivity contribution < 1.29 is 18.3 Å². The molecule has 0 saturated heterocycles. The first-order chi connectivity index (χ1) is 11.9. The molecule has 1 atom stereocenters. The van der Waals surface area contributed by atoms with Gasteiger partial charge >= 0.3 is 6.18 Å². The van der Waals surface area contributed by atoms with Crippen molar-refractivity contribution in [3.05, 3.63) is 83.4 Å². The minimum atomic E-state index is -4.47. The van der Waals surface area contributed by atoms with Gasteiger partial charge in [0.05, 0.1) is 17.0 Å². The number of alkyl halides is 3. The Morgan fingerprint density at radius 1 is 1.04 bits per heavy atom. The summed E-state index contributed by atoms with van der Waals surface area (Å²) in [5.74, 6) is 0.256. The summed E-state index contributed by atoms with van der Waals surface area (Å²) < 4.78 is 41.1. The Hall–Kier alpha value is -2.93. The summed E-state index contributed by atoms with van der Waals surface area (Å²) >= 11 is 0. The molecule has 1 N–H and O–H groups in total. The highest BCUT2D eigenvalue weighted by Crippen LogP contribution is 2.35. The van der Waals surface area contributed by atoms with Crippen molar-refractivity contribution in [2.24, 2.45) is 4.99 Å². The van der Waals surface area contributed by atoms with Crippen LogP contribution in [0.25, 0.3) is 5.69 Å². The Morgan fingerprint density at radius 3 is 2.52 bits per heavy atom. The number of imidazole rings is 1. The molecule has 1 unspecified atom stereocenters. The van der Waals surface area contributed by atoms with E-state index < -0.39 is 18.0 Å². The van der Waals surface area contributed by atoms with Crippen molar-refractivity contribution >= 4 is 5.71 Å². The number of aliphatic hydroxyl groups excluding tert-OH is 1. The number of halogens is 3. The van der Waals surface area contributed by atoms with Gasteiger partial charge in [0.1, 0.15) is 0 Å². The standard InChI is InChI=1S/C18H12F3N3O/c19-18(20,21)12-6-7-14-13(10-12)15(11-4-2-1-3-5-11)23-17(25)16-22-8-9-24(14)16/h1-10,17,25H. The number of benzene rings is 2. The second-order valence-corrected chi connectivity index (χ2v) is 5.60. The molecule has 0 radical (unpaired) electrons. The van der Waals surface area contributed by atoms with Crippen LogP contribution < -0.4 is 0 Å². The molecule has 25 heavy (non-hydrogen) atoms. The van der Waals surface area contributed by atoms with Gasteiger partial charge in [0, 0.05) is 23.5 Å². The SMILES string of the molecule is OC1N=C(c2ccccc2)c2cc(C(F)(F)F)ccc2-n2ccnc21. The molecule has 0 aliphatic carbocycles. The fourth-order valence-electron chi connectivity index (χ4n) is 2.90. The van der Waals surface area contributed by atoms with E-state index in [0.29, 0.717) is 17.0 Å². The molecule has 1 aliphatic rings. The summed E-state index contributed by atoms with van der Waals surface area (Å²) in [6, 6.07) is 12.3. The van der Waals surface area contributed by atoms with Gasteiger partial charge in [-0.25, -0.2) is 9.98 Å². The van der Waals surface area contributed by atoms with E-state index in [2.05, 4.69) is 9.98 Å². The molecule has 7 heteroatoms. The Bertz CT molecular complexity index is 961. The van der Waals surface area contributed by atoms with E-state index in [1.807, 2.05) is 0 Å². The van der Waals surface area contributed by atoms with Crippen LogP contribution in [0.4, 0.5) is 13.2 Å². The number of aliphatic imine (C=N–C) groups is 1. The largest absolute Gasteiger partial charge is 0.416 e. The Labute approximate surface area is 140 Å². The van der Waals surface area contributed by atoms with Gasteiger partial charge in [-0.1, -0.05) is 30.3 Å².